The fraction of sp³-hybridized carbons (Fsp3) is 0.348. The molecule has 3 aromatic rings. The molecule has 0 atom stereocenters. The molecule has 0 aliphatic carbocycles. The van der Waals surface area contributed by atoms with Gasteiger partial charge in [0.05, 0.1) is 24.6 Å². The maximum atomic E-state index is 5.59. The number of aromatic nitrogens is 2. The van der Waals surface area contributed by atoms with Crippen molar-refractivity contribution in [1.82, 2.24) is 9.97 Å². The lowest BCUT2D eigenvalue weighted by Gasteiger charge is -2.03. The van der Waals surface area contributed by atoms with Gasteiger partial charge in [-0.2, -0.15) is 0 Å². The molecule has 0 aliphatic rings. The van der Waals surface area contributed by atoms with Crippen LogP contribution in [0.15, 0.2) is 60.7 Å². The number of nitrogens with one attached hydrogen (secondary N) is 1. The molecule has 27 heavy (non-hydrogen) atoms. The molecule has 4 heteroatoms. The van der Waals surface area contributed by atoms with E-state index in [0.717, 1.165) is 60.8 Å². The second-order valence-corrected chi connectivity index (χ2v) is 6.41. The molecule has 1 N–H and O–H groups in total. The number of hydrogen-bond donors (Lipinski definition) is 1. The second kappa shape index (κ2) is 10.7. The zero-order valence-electron chi connectivity index (χ0n) is 16.0. The molecule has 0 spiro atoms. The summed E-state index contributed by atoms with van der Waals surface area (Å²) in [6.07, 6.45) is 2.99. The van der Waals surface area contributed by atoms with E-state index in [2.05, 4.69) is 53.5 Å². The third-order valence-electron chi connectivity index (χ3n) is 4.39. The van der Waals surface area contributed by atoms with Crippen molar-refractivity contribution in [3.8, 4) is 22.5 Å². The first-order chi connectivity index (χ1) is 13.4. The monoisotopic (exact) mass is 364 g/mol. The summed E-state index contributed by atoms with van der Waals surface area (Å²) < 4.78 is 10.9. The minimum atomic E-state index is 0.672. The molecule has 4 nitrogen and oxygen atoms in total. The van der Waals surface area contributed by atoms with Crippen LogP contribution in [0.2, 0.25) is 0 Å². The third kappa shape index (κ3) is 5.78. The first-order valence-corrected chi connectivity index (χ1v) is 9.73. The van der Waals surface area contributed by atoms with Crippen molar-refractivity contribution in [2.24, 2.45) is 0 Å². The Bertz CT molecular complexity index is 728. The molecule has 0 aliphatic heterocycles. The van der Waals surface area contributed by atoms with Crippen LogP contribution < -0.4 is 0 Å². The lowest BCUT2D eigenvalue weighted by atomic mass is 10.1. The first-order valence-electron chi connectivity index (χ1n) is 9.73. The van der Waals surface area contributed by atoms with Gasteiger partial charge in [-0.15, -0.1) is 0 Å². The summed E-state index contributed by atoms with van der Waals surface area (Å²) in [5, 5.41) is 0. The van der Waals surface area contributed by atoms with Crippen molar-refractivity contribution in [1.29, 1.82) is 0 Å². The van der Waals surface area contributed by atoms with Gasteiger partial charge in [-0.05, 0) is 19.8 Å². The van der Waals surface area contributed by atoms with Crippen molar-refractivity contribution in [2.75, 3.05) is 26.4 Å². The van der Waals surface area contributed by atoms with Crippen LogP contribution >= 0.6 is 0 Å². The van der Waals surface area contributed by atoms with Crippen LogP contribution in [0, 0.1) is 0 Å². The highest BCUT2D eigenvalue weighted by molar-refractivity contribution is 5.78. The average molecular weight is 364 g/mol. The summed E-state index contributed by atoms with van der Waals surface area (Å²) in [4.78, 5) is 8.44. The van der Waals surface area contributed by atoms with E-state index in [1.54, 1.807) is 0 Å². The predicted molar refractivity (Wildman–Crippen MR) is 110 cm³/mol. The van der Waals surface area contributed by atoms with E-state index in [9.17, 15) is 0 Å². The zero-order chi connectivity index (χ0) is 18.7. The Labute approximate surface area is 161 Å². The van der Waals surface area contributed by atoms with E-state index >= 15 is 0 Å². The fourth-order valence-corrected chi connectivity index (χ4v) is 3.02. The number of hydrogen-bond acceptors (Lipinski definition) is 3. The lowest BCUT2D eigenvalue weighted by molar-refractivity contribution is 0.0514. The van der Waals surface area contributed by atoms with E-state index in [1.807, 2.05) is 19.1 Å². The number of unbranched alkanes of at least 4 members (excludes halogenated alkanes) is 1. The van der Waals surface area contributed by atoms with E-state index in [4.69, 9.17) is 14.5 Å². The predicted octanol–water partition coefficient (Wildman–Crippen LogP) is 5.12. The van der Waals surface area contributed by atoms with Crippen LogP contribution in [0.1, 0.15) is 25.6 Å². The molecule has 1 heterocycles. The molecule has 0 saturated carbocycles. The van der Waals surface area contributed by atoms with Crippen molar-refractivity contribution in [3.63, 3.8) is 0 Å². The maximum absolute atomic E-state index is 5.59. The molecule has 0 fully saturated rings. The van der Waals surface area contributed by atoms with Gasteiger partial charge in [0.15, 0.2) is 0 Å². The summed E-state index contributed by atoms with van der Waals surface area (Å²) in [5.41, 5.74) is 4.40. The van der Waals surface area contributed by atoms with Gasteiger partial charge >= 0.3 is 0 Å². The van der Waals surface area contributed by atoms with Crippen molar-refractivity contribution >= 4 is 0 Å². The quantitative estimate of drug-likeness (QED) is 0.480. The number of H-pyrrole nitrogens is 1. The van der Waals surface area contributed by atoms with Crippen LogP contribution in [0.25, 0.3) is 22.5 Å². The molecule has 142 valence electrons. The summed E-state index contributed by atoms with van der Waals surface area (Å²) in [5.74, 6) is 1.03. The number of ether oxygens (including phenoxy) is 2. The number of aryl methyl sites for hydroxylation is 1. The van der Waals surface area contributed by atoms with Crippen molar-refractivity contribution in [2.45, 2.75) is 26.2 Å². The largest absolute Gasteiger partial charge is 0.379 e. The van der Waals surface area contributed by atoms with Gasteiger partial charge in [0, 0.05) is 30.8 Å². The number of imidazole rings is 1. The summed E-state index contributed by atoms with van der Waals surface area (Å²) in [6.45, 7) is 4.86. The Morgan fingerprint density at radius 1 is 0.778 bits per heavy atom. The van der Waals surface area contributed by atoms with E-state index < -0.39 is 0 Å². The lowest BCUT2D eigenvalue weighted by Crippen LogP contribution is -2.05. The van der Waals surface area contributed by atoms with Gasteiger partial charge in [-0.1, -0.05) is 60.7 Å². The molecule has 2 aromatic carbocycles. The maximum Gasteiger partial charge on any atom is 0.107 e. The van der Waals surface area contributed by atoms with Gasteiger partial charge in [0.25, 0.3) is 0 Å². The van der Waals surface area contributed by atoms with Crippen LogP contribution in [0.3, 0.4) is 0 Å². The minimum absolute atomic E-state index is 0.672. The Kier molecular flexibility index (Phi) is 7.63. The van der Waals surface area contributed by atoms with Gasteiger partial charge in [0.2, 0.25) is 0 Å². The minimum Gasteiger partial charge on any atom is -0.379 e. The molecule has 0 saturated heterocycles. The normalized spacial score (nSPS) is 11.0. The molecule has 3 rings (SSSR count). The Morgan fingerprint density at radius 3 is 2.15 bits per heavy atom. The van der Waals surface area contributed by atoms with Crippen LogP contribution in [0.5, 0.6) is 0 Å². The number of rotatable bonds is 11. The third-order valence-corrected chi connectivity index (χ3v) is 4.39. The molecule has 0 amide bonds. The van der Waals surface area contributed by atoms with E-state index in [0.29, 0.717) is 13.2 Å². The Balaban J connectivity index is 1.62. The molecule has 0 bridgehead atoms. The number of benzene rings is 2. The van der Waals surface area contributed by atoms with Gasteiger partial charge in [0.1, 0.15) is 5.82 Å². The SMILES string of the molecule is CCOCCOCCCCc1nc(-c2ccccc2)c(-c2ccccc2)[nH]1. The van der Waals surface area contributed by atoms with Crippen molar-refractivity contribution in [3.05, 3.63) is 66.5 Å². The Hall–Kier alpha value is -2.43. The highest BCUT2D eigenvalue weighted by atomic mass is 16.5. The molecular formula is C23H28N2O2. The van der Waals surface area contributed by atoms with E-state index in [-0.39, 0.29) is 0 Å². The standard InChI is InChI=1S/C23H28N2O2/c1-2-26-17-18-27-16-10-9-15-21-24-22(19-11-5-3-6-12-19)23(25-21)20-13-7-4-8-14-20/h3-8,11-14H,2,9-10,15-18H2,1H3,(H,24,25). The smallest absolute Gasteiger partial charge is 0.107 e. The Morgan fingerprint density at radius 2 is 1.44 bits per heavy atom. The summed E-state index contributed by atoms with van der Waals surface area (Å²) in [6, 6.07) is 20.8. The average Bonchev–Trinajstić information content (AvgIpc) is 3.15. The number of nitrogens with zero attached hydrogens (tertiary/aromatic N) is 1. The van der Waals surface area contributed by atoms with Gasteiger partial charge in [-0.25, -0.2) is 4.98 Å². The van der Waals surface area contributed by atoms with Crippen LogP contribution in [0.4, 0.5) is 0 Å². The van der Waals surface area contributed by atoms with Crippen LogP contribution in [-0.4, -0.2) is 36.4 Å². The molecule has 0 radical (unpaired) electrons. The highest BCUT2D eigenvalue weighted by Gasteiger charge is 2.13. The molecule has 1 aromatic heterocycles. The summed E-state index contributed by atoms with van der Waals surface area (Å²) >= 11 is 0. The number of aromatic amines is 1. The highest BCUT2D eigenvalue weighted by Crippen LogP contribution is 2.30. The van der Waals surface area contributed by atoms with Gasteiger partial charge in [-0.3, -0.25) is 0 Å². The second-order valence-electron chi connectivity index (χ2n) is 6.41. The van der Waals surface area contributed by atoms with Gasteiger partial charge < -0.3 is 14.5 Å². The van der Waals surface area contributed by atoms with Crippen molar-refractivity contribution < 1.29 is 9.47 Å². The topological polar surface area (TPSA) is 47.1 Å². The first kappa shape index (κ1) is 19.3. The zero-order valence-corrected chi connectivity index (χ0v) is 16.0. The summed E-state index contributed by atoms with van der Waals surface area (Å²) in [7, 11) is 0. The van der Waals surface area contributed by atoms with Crippen LogP contribution in [-0.2, 0) is 15.9 Å². The molecule has 0 unspecified atom stereocenters. The molecular weight excluding hydrogens is 336 g/mol. The van der Waals surface area contributed by atoms with E-state index in [1.165, 1.54) is 0 Å². The fourth-order valence-electron chi connectivity index (χ4n) is 3.02.